The molecule has 0 aliphatic carbocycles. The van der Waals surface area contributed by atoms with Crippen LogP contribution in [0.3, 0.4) is 0 Å². The van der Waals surface area contributed by atoms with Crippen LogP contribution in [0, 0.1) is 0 Å². The molecule has 8 nitrogen and oxygen atoms in total. The molecule has 31 heavy (non-hydrogen) atoms. The van der Waals surface area contributed by atoms with Crippen LogP contribution in [0.5, 0.6) is 0 Å². The zero-order valence-corrected chi connectivity index (χ0v) is 19.3. The van der Waals surface area contributed by atoms with Gasteiger partial charge in [0.2, 0.25) is 0 Å². The van der Waals surface area contributed by atoms with Gasteiger partial charge < -0.3 is 10.6 Å². The Labute approximate surface area is 191 Å². The van der Waals surface area contributed by atoms with Crippen molar-refractivity contribution in [3.8, 4) is 0 Å². The summed E-state index contributed by atoms with van der Waals surface area (Å²) >= 11 is 6.71. The fraction of sp³-hybridized carbons (Fsp3) is 0.381. The van der Waals surface area contributed by atoms with Gasteiger partial charge in [0.05, 0.1) is 10.4 Å². The number of thioether (sulfide) groups is 1. The predicted molar refractivity (Wildman–Crippen MR) is 128 cm³/mol. The van der Waals surface area contributed by atoms with Gasteiger partial charge in [-0.05, 0) is 31.7 Å². The number of hydrogen-bond donors (Lipinski definition) is 4. The molecule has 1 fully saturated rings. The van der Waals surface area contributed by atoms with Crippen molar-refractivity contribution >= 4 is 56.8 Å². The summed E-state index contributed by atoms with van der Waals surface area (Å²) in [4.78, 5) is 25.2. The van der Waals surface area contributed by atoms with E-state index < -0.39 is 23.0 Å². The first-order valence-electron chi connectivity index (χ1n) is 10.1. The van der Waals surface area contributed by atoms with E-state index in [2.05, 4.69) is 16.1 Å². The molecule has 3 rings (SSSR count). The molecule has 1 atom stereocenters. The van der Waals surface area contributed by atoms with E-state index in [1.807, 2.05) is 57.2 Å². The molecular weight excluding hydrogens is 434 g/mol. The van der Waals surface area contributed by atoms with Gasteiger partial charge in [0.15, 0.2) is 10.5 Å². The van der Waals surface area contributed by atoms with Crippen molar-refractivity contribution in [1.82, 2.24) is 20.8 Å². The number of carbonyl (C=O) groups is 2. The van der Waals surface area contributed by atoms with Crippen LogP contribution in [0.15, 0.2) is 42.5 Å². The average molecular weight is 462 g/mol. The summed E-state index contributed by atoms with van der Waals surface area (Å²) in [7, 11) is 0. The predicted octanol–water partition coefficient (Wildman–Crippen LogP) is 4.52. The van der Waals surface area contributed by atoms with Gasteiger partial charge in [-0.15, -0.1) is 0 Å². The Bertz CT molecular complexity index is 979. The Kier molecular flexibility index (Phi) is 7.24. The normalized spacial score (nSPS) is 17.5. The zero-order chi connectivity index (χ0) is 22.6. The minimum atomic E-state index is -0.884. The summed E-state index contributed by atoms with van der Waals surface area (Å²) in [6.07, 6.45) is 0.837. The van der Waals surface area contributed by atoms with Gasteiger partial charge in [0.1, 0.15) is 0 Å². The molecule has 4 amide bonds. The van der Waals surface area contributed by atoms with Crippen molar-refractivity contribution in [3.63, 3.8) is 0 Å². The fourth-order valence-electron chi connectivity index (χ4n) is 3.41. The number of unbranched alkanes of at least 4 members (excludes halogenated alkanes) is 1. The van der Waals surface area contributed by atoms with E-state index in [1.54, 1.807) is 6.07 Å². The Hall–Kier alpha value is -2.56. The van der Waals surface area contributed by atoms with Crippen LogP contribution in [-0.4, -0.2) is 49.1 Å². The lowest BCUT2D eigenvalue weighted by molar-refractivity contribution is -0.124. The van der Waals surface area contributed by atoms with Crippen LogP contribution < -0.4 is 16.1 Å². The Balaban J connectivity index is 1.75. The molecule has 0 spiro atoms. The van der Waals surface area contributed by atoms with Gasteiger partial charge in [-0.1, -0.05) is 73.7 Å². The third-order valence-corrected chi connectivity index (χ3v) is 6.47. The lowest BCUT2D eigenvalue weighted by atomic mass is 10.1. The van der Waals surface area contributed by atoms with Crippen molar-refractivity contribution in [2.24, 2.45) is 0 Å². The molecule has 1 aliphatic rings. The number of urea groups is 2. The topological polar surface area (TPSA) is 96.9 Å². The molecule has 166 valence electrons. The van der Waals surface area contributed by atoms with Crippen LogP contribution in [0.1, 0.15) is 33.6 Å². The van der Waals surface area contributed by atoms with E-state index in [1.165, 1.54) is 16.8 Å². The second-order valence-corrected chi connectivity index (χ2v) is 10.0. The second-order valence-electron chi connectivity index (χ2n) is 7.74. The van der Waals surface area contributed by atoms with Crippen molar-refractivity contribution in [2.45, 2.75) is 44.5 Å². The van der Waals surface area contributed by atoms with Crippen molar-refractivity contribution in [3.05, 3.63) is 42.5 Å². The molecule has 1 aliphatic heterocycles. The van der Waals surface area contributed by atoms with E-state index in [0.29, 0.717) is 21.6 Å². The van der Waals surface area contributed by atoms with Crippen molar-refractivity contribution in [2.75, 3.05) is 11.9 Å². The number of hydrogen-bond acceptors (Lipinski definition) is 5. The first-order chi connectivity index (χ1) is 14.7. The number of hydroxylamine groups is 2. The molecule has 0 radical (unpaired) electrons. The average Bonchev–Trinajstić information content (AvgIpc) is 2.95. The smallest absolute Gasteiger partial charge is 0.336 e. The number of rotatable bonds is 6. The standard InChI is InChI=1S/C21H27N5O3S2/c1-4-5-13-22-19(28)26(29)17-21(2,3)31-20(30)25(17)24-18(27)23-16-12-8-10-14-9-6-7-11-15(14)16/h6-12,17,29H,4-5,13H2,1-3H3,(H,22,28)(H2,23,24,27). The van der Waals surface area contributed by atoms with Gasteiger partial charge in [-0.2, -0.15) is 5.06 Å². The number of amides is 4. The number of nitrogens with zero attached hydrogens (tertiary/aromatic N) is 2. The summed E-state index contributed by atoms with van der Waals surface area (Å²) in [6, 6.07) is 12.2. The molecule has 4 N–H and O–H groups in total. The first-order valence-corrected chi connectivity index (χ1v) is 11.3. The van der Waals surface area contributed by atoms with Crippen LogP contribution in [0.4, 0.5) is 15.3 Å². The third-order valence-electron chi connectivity index (χ3n) is 4.92. The van der Waals surface area contributed by atoms with E-state index in [0.717, 1.165) is 23.6 Å². The number of benzene rings is 2. The molecule has 2 aromatic rings. The van der Waals surface area contributed by atoms with Crippen LogP contribution in [0.25, 0.3) is 10.8 Å². The summed E-state index contributed by atoms with van der Waals surface area (Å²) in [5.41, 5.74) is 3.33. The number of hydrazine groups is 1. The number of nitrogens with one attached hydrogen (secondary N) is 3. The van der Waals surface area contributed by atoms with E-state index in [4.69, 9.17) is 12.2 Å². The van der Waals surface area contributed by atoms with Crippen LogP contribution in [-0.2, 0) is 0 Å². The zero-order valence-electron chi connectivity index (χ0n) is 17.7. The van der Waals surface area contributed by atoms with E-state index >= 15 is 0 Å². The maximum Gasteiger partial charge on any atom is 0.343 e. The maximum absolute atomic E-state index is 12.8. The van der Waals surface area contributed by atoms with Gasteiger partial charge in [-0.25, -0.2) is 20.0 Å². The highest BCUT2D eigenvalue weighted by atomic mass is 32.2. The Morgan fingerprint density at radius 1 is 1.23 bits per heavy atom. The Morgan fingerprint density at radius 3 is 2.68 bits per heavy atom. The molecule has 2 aromatic carbocycles. The quantitative estimate of drug-likeness (QED) is 0.219. The highest BCUT2D eigenvalue weighted by molar-refractivity contribution is 8.24. The van der Waals surface area contributed by atoms with Gasteiger partial charge >= 0.3 is 12.1 Å². The third kappa shape index (κ3) is 5.20. The molecule has 10 heteroatoms. The minimum Gasteiger partial charge on any atom is -0.336 e. The number of anilines is 1. The van der Waals surface area contributed by atoms with E-state index in [9.17, 15) is 14.8 Å². The molecule has 0 saturated carbocycles. The van der Waals surface area contributed by atoms with Crippen LogP contribution in [0.2, 0.25) is 0 Å². The molecule has 1 saturated heterocycles. The lowest BCUT2D eigenvalue weighted by Gasteiger charge is -2.36. The summed E-state index contributed by atoms with van der Waals surface area (Å²) < 4.78 is -0.302. The summed E-state index contributed by atoms with van der Waals surface area (Å²) in [6.45, 7) is 6.16. The molecule has 1 unspecified atom stereocenters. The fourth-order valence-corrected chi connectivity index (χ4v) is 5.20. The highest BCUT2D eigenvalue weighted by Gasteiger charge is 2.50. The lowest BCUT2D eigenvalue weighted by Crippen LogP contribution is -2.61. The van der Waals surface area contributed by atoms with Gasteiger partial charge in [0.25, 0.3) is 0 Å². The number of carbonyl (C=O) groups excluding carboxylic acids is 2. The van der Waals surface area contributed by atoms with Crippen molar-refractivity contribution < 1.29 is 14.8 Å². The largest absolute Gasteiger partial charge is 0.343 e. The monoisotopic (exact) mass is 461 g/mol. The molecule has 1 heterocycles. The van der Waals surface area contributed by atoms with Crippen molar-refractivity contribution in [1.29, 1.82) is 0 Å². The maximum atomic E-state index is 12.8. The summed E-state index contributed by atoms with van der Waals surface area (Å²) in [5, 5.41) is 20.0. The second kappa shape index (κ2) is 9.71. The molecule has 0 aromatic heterocycles. The number of fused-ring (bicyclic) bond motifs is 1. The van der Waals surface area contributed by atoms with E-state index in [-0.39, 0.29) is 0 Å². The molecular formula is C21H27N5O3S2. The van der Waals surface area contributed by atoms with Gasteiger partial charge in [0, 0.05) is 11.9 Å². The SMILES string of the molecule is CCCCNC(=O)N(O)C1N(NC(=O)Nc2cccc3ccccc23)C(=S)SC1(C)C. The number of thiocarbonyl (C=S) groups is 1. The minimum absolute atomic E-state index is 0.350. The molecule has 0 bridgehead atoms. The highest BCUT2D eigenvalue weighted by Crippen LogP contribution is 2.41. The summed E-state index contributed by atoms with van der Waals surface area (Å²) in [5.74, 6) is 0. The van der Waals surface area contributed by atoms with Gasteiger partial charge in [-0.3, -0.25) is 5.21 Å². The Morgan fingerprint density at radius 2 is 1.94 bits per heavy atom. The van der Waals surface area contributed by atoms with Crippen LogP contribution >= 0.6 is 24.0 Å². The first kappa shape index (κ1) is 23.1.